The molecule has 3 N–H and O–H groups in total. The van der Waals surface area contributed by atoms with E-state index in [0.29, 0.717) is 0 Å². The molecular formula is C17H13F6N5. The maximum Gasteiger partial charge on any atom is 0.417 e. The number of nitrogens with one attached hydrogen (secondary N) is 1. The summed E-state index contributed by atoms with van der Waals surface area (Å²) in [6.45, 7) is 0. The largest absolute Gasteiger partial charge is 0.417 e. The first kappa shape index (κ1) is 20.9. The molecule has 0 amide bonds. The van der Waals surface area contributed by atoms with Crippen LogP contribution in [-0.4, -0.2) is 18.4 Å². The fourth-order valence-corrected chi connectivity index (χ4v) is 2.08. The van der Waals surface area contributed by atoms with E-state index in [-0.39, 0.29) is 11.1 Å². The summed E-state index contributed by atoms with van der Waals surface area (Å²) < 4.78 is 77.1. The van der Waals surface area contributed by atoms with Crippen LogP contribution in [0.5, 0.6) is 0 Å². The van der Waals surface area contributed by atoms with Gasteiger partial charge in [0.2, 0.25) is 5.96 Å². The van der Waals surface area contributed by atoms with Gasteiger partial charge >= 0.3 is 12.4 Å². The molecule has 0 fully saturated rings. The number of hydrogen-bond acceptors (Lipinski definition) is 3. The van der Waals surface area contributed by atoms with E-state index in [2.05, 4.69) is 20.7 Å². The monoisotopic (exact) mass is 401 g/mol. The molecule has 0 aliphatic rings. The summed E-state index contributed by atoms with van der Waals surface area (Å²) in [5.74, 6) is -0.429. The molecule has 0 radical (unpaired) electrons. The Kier molecular flexibility index (Phi) is 6.39. The number of alkyl halides is 6. The molecule has 2 rings (SSSR count). The van der Waals surface area contributed by atoms with E-state index in [1.165, 1.54) is 36.4 Å². The Morgan fingerprint density at radius 2 is 1.25 bits per heavy atom. The second-order valence-electron chi connectivity index (χ2n) is 5.27. The lowest BCUT2D eigenvalue weighted by Gasteiger charge is -2.09. The number of nitrogens with two attached hydrogens (primary N) is 1. The van der Waals surface area contributed by atoms with E-state index < -0.39 is 29.4 Å². The summed E-state index contributed by atoms with van der Waals surface area (Å²) in [4.78, 5) is 0. The first-order chi connectivity index (χ1) is 13.1. The summed E-state index contributed by atoms with van der Waals surface area (Å²) >= 11 is 0. The zero-order valence-corrected chi connectivity index (χ0v) is 14.0. The summed E-state index contributed by atoms with van der Waals surface area (Å²) in [6.07, 6.45) is -7.39. The van der Waals surface area contributed by atoms with Crippen molar-refractivity contribution in [3.8, 4) is 0 Å². The highest BCUT2D eigenvalue weighted by atomic mass is 19.4. The summed E-state index contributed by atoms with van der Waals surface area (Å²) in [6, 6.07) is 9.42. The van der Waals surface area contributed by atoms with Crippen molar-refractivity contribution in [1.29, 1.82) is 0 Å². The fourth-order valence-electron chi connectivity index (χ4n) is 2.08. The topological polar surface area (TPSA) is 75.1 Å². The van der Waals surface area contributed by atoms with Crippen LogP contribution in [0.4, 0.5) is 26.3 Å². The number of guanidine groups is 1. The quantitative estimate of drug-likeness (QED) is 0.352. The SMILES string of the molecule is NC(=NN=Cc1ccccc1C(F)(F)F)NN=Cc1ccccc1C(F)(F)F. The third-order valence-electron chi connectivity index (χ3n) is 3.28. The molecule has 11 heteroatoms. The van der Waals surface area contributed by atoms with Crippen LogP contribution < -0.4 is 11.2 Å². The van der Waals surface area contributed by atoms with Crippen LogP contribution in [0.1, 0.15) is 22.3 Å². The number of halogens is 6. The second kappa shape index (κ2) is 8.55. The van der Waals surface area contributed by atoms with Gasteiger partial charge in [0.25, 0.3) is 0 Å². The molecule has 0 aliphatic heterocycles. The summed E-state index contributed by atoms with van der Waals surface area (Å²) in [5, 5.41) is 10.3. The molecule has 0 atom stereocenters. The van der Waals surface area contributed by atoms with E-state index >= 15 is 0 Å². The van der Waals surface area contributed by atoms with Crippen LogP contribution in [0.15, 0.2) is 63.8 Å². The Morgan fingerprint density at radius 3 is 1.75 bits per heavy atom. The number of rotatable bonds is 4. The van der Waals surface area contributed by atoms with Crippen molar-refractivity contribution in [3.05, 3.63) is 70.8 Å². The van der Waals surface area contributed by atoms with E-state index in [1.807, 2.05) is 0 Å². The molecule has 148 valence electrons. The number of benzene rings is 2. The fraction of sp³-hybridized carbons (Fsp3) is 0.118. The van der Waals surface area contributed by atoms with Crippen molar-refractivity contribution in [2.75, 3.05) is 0 Å². The van der Waals surface area contributed by atoms with E-state index in [4.69, 9.17) is 5.73 Å². The summed E-state index contributed by atoms with van der Waals surface area (Å²) in [5.41, 5.74) is 5.32. The van der Waals surface area contributed by atoms with Crippen LogP contribution >= 0.6 is 0 Å². The molecule has 0 unspecified atom stereocenters. The predicted octanol–water partition coefficient (Wildman–Crippen LogP) is 4.00. The average Bonchev–Trinajstić information content (AvgIpc) is 2.61. The number of hydrogen-bond donors (Lipinski definition) is 2. The number of hydrazone groups is 1. The maximum atomic E-state index is 12.8. The van der Waals surface area contributed by atoms with Crippen molar-refractivity contribution in [3.63, 3.8) is 0 Å². The van der Waals surface area contributed by atoms with E-state index in [0.717, 1.165) is 24.6 Å². The molecule has 0 heterocycles. The Morgan fingerprint density at radius 1 is 0.786 bits per heavy atom. The van der Waals surface area contributed by atoms with E-state index in [1.54, 1.807) is 0 Å². The lowest BCUT2D eigenvalue weighted by atomic mass is 10.1. The molecular weight excluding hydrogens is 388 g/mol. The Labute approximate surface area is 155 Å². The van der Waals surface area contributed by atoms with Crippen molar-refractivity contribution in [2.24, 2.45) is 21.0 Å². The van der Waals surface area contributed by atoms with Crippen molar-refractivity contribution < 1.29 is 26.3 Å². The van der Waals surface area contributed by atoms with E-state index in [9.17, 15) is 26.3 Å². The maximum absolute atomic E-state index is 12.8. The normalized spacial score (nSPS) is 13.4. The van der Waals surface area contributed by atoms with Crippen LogP contribution in [0.25, 0.3) is 0 Å². The van der Waals surface area contributed by atoms with Gasteiger partial charge in [-0.15, -0.1) is 5.10 Å². The molecule has 0 spiro atoms. The van der Waals surface area contributed by atoms with Crippen LogP contribution in [0.3, 0.4) is 0 Å². The van der Waals surface area contributed by atoms with Crippen molar-refractivity contribution in [2.45, 2.75) is 12.4 Å². The minimum absolute atomic E-state index is 0.210. The highest BCUT2D eigenvalue weighted by Crippen LogP contribution is 2.31. The van der Waals surface area contributed by atoms with Crippen molar-refractivity contribution >= 4 is 18.4 Å². The number of nitrogens with zero attached hydrogens (tertiary/aromatic N) is 3. The molecule has 2 aromatic rings. The molecule has 28 heavy (non-hydrogen) atoms. The third-order valence-corrected chi connectivity index (χ3v) is 3.28. The van der Waals surface area contributed by atoms with Crippen LogP contribution in [0, 0.1) is 0 Å². The van der Waals surface area contributed by atoms with Gasteiger partial charge in [-0.2, -0.15) is 36.5 Å². The minimum atomic E-state index is -4.56. The molecule has 5 nitrogen and oxygen atoms in total. The van der Waals surface area contributed by atoms with Gasteiger partial charge in [0.1, 0.15) is 0 Å². The lowest BCUT2D eigenvalue weighted by molar-refractivity contribution is -0.138. The highest BCUT2D eigenvalue weighted by Gasteiger charge is 2.33. The Hall–Kier alpha value is -3.37. The molecule has 0 saturated heterocycles. The van der Waals surface area contributed by atoms with Crippen molar-refractivity contribution in [1.82, 2.24) is 5.43 Å². The third kappa shape index (κ3) is 5.83. The first-order valence-corrected chi connectivity index (χ1v) is 7.57. The Bertz CT molecular complexity index is 899. The van der Waals surface area contributed by atoms with Gasteiger partial charge in [0.05, 0.1) is 23.6 Å². The molecule has 0 aromatic heterocycles. The zero-order valence-electron chi connectivity index (χ0n) is 14.0. The van der Waals surface area contributed by atoms with Gasteiger partial charge in [-0.05, 0) is 12.1 Å². The van der Waals surface area contributed by atoms with Crippen LogP contribution in [-0.2, 0) is 12.4 Å². The lowest BCUT2D eigenvalue weighted by Crippen LogP contribution is -2.27. The standard InChI is InChI=1S/C17H13F6N5/c18-16(19,20)13-7-3-1-5-11(13)9-25-27-15(24)28-26-10-12-6-2-4-8-14(12)17(21,22)23/h1-10H,(H3,24,27,28). The highest BCUT2D eigenvalue weighted by molar-refractivity contribution is 5.85. The average molecular weight is 401 g/mol. The zero-order chi connectivity index (χ0) is 20.8. The predicted molar refractivity (Wildman–Crippen MR) is 92.8 cm³/mol. The second-order valence-corrected chi connectivity index (χ2v) is 5.27. The Balaban J connectivity index is 2.07. The van der Waals surface area contributed by atoms with Gasteiger partial charge < -0.3 is 5.73 Å². The van der Waals surface area contributed by atoms with Gasteiger partial charge in [-0.3, -0.25) is 0 Å². The van der Waals surface area contributed by atoms with Gasteiger partial charge in [-0.25, -0.2) is 5.43 Å². The van der Waals surface area contributed by atoms with Crippen LogP contribution in [0.2, 0.25) is 0 Å². The van der Waals surface area contributed by atoms with Gasteiger partial charge in [-0.1, -0.05) is 36.4 Å². The molecule has 2 aromatic carbocycles. The first-order valence-electron chi connectivity index (χ1n) is 7.57. The molecule has 0 bridgehead atoms. The molecule has 0 aliphatic carbocycles. The molecule has 0 saturated carbocycles. The van der Waals surface area contributed by atoms with Gasteiger partial charge in [0, 0.05) is 11.1 Å². The smallest absolute Gasteiger partial charge is 0.367 e. The van der Waals surface area contributed by atoms with Gasteiger partial charge in [0.15, 0.2) is 0 Å². The summed E-state index contributed by atoms with van der Waals surface area (Å²) in [7, 11) is 0. The minimum Gasteiger partial charge on any atom is -0.367 e.